The molecule has 2 aromatic rings. The number of hydrogen-bond acceptors (Lipinski definition) is 2. The summed E-state index contributed by atoms with van der Waals surface area (Å²) < 4.78 is 1.05. The highest BCUT2D eigenvalue weighted by molar-refractivity contribution is 9.10. The first kappa shape index (κ1) is 7.68. The summed E-state index contributed by atoms with van der Waals surface area (Å²) in [4.78, 5) is 8.46. The molecule has 2 nitrogen and oxygen atoms in total. The average molecular weight is 223 g/mol. The van der Waals surface area contributed by atoms with Crippen LogP contribution < -0.4 is 0 Å². The fourth-order valence-corrected chi connectivity index (χ4v) is 1.77. The first-order valence-corrected chi connectivity index (χ1v) is 4.44. The van der Waals surface area contributed by atoms with Crippen molar-refractivity contribution in [2.45, 2.75) is 6.92 Å². The summed E-state index contributed by atoms with van der Waals surface area (Å²) in [7, 11) is 0. The Kier molecular flexibility index (Phi) is 1.81. The van der Waals surface area contributed by atoms with Crippen LogP contribution in [0.5, 0.6) is 0 Å². The maximum Gasteiger partial charge on any atom is 0.160 e. The molecule has 0 amide bonds. The van der Waals surface area contributed by atoms with E-state index in [9.17, 15) is 0 Å². The minimum absolute atomic E-state index is 0.796. The average Bonchev–Trinajstić information content (AvgIpc) is 2.04. The fraction of sp³-hybridized carbons (Fsp3) is 0.111. The van der Waals surface area contributed by atoms with Gasteiger partial charge in [0.2, 0.25) is 0 Å². The third kappa shape index (κ3) is 1.20. The van der Waals surface area contributed by atoms with E-state index in [0.717, 1.165) is 21.2 Å². The molecule has 2 heterocycles. The Bertz CT molecular complexity index is 426. The highest BCUT2D eigenvalue weighted by Gasteiger charge is 2.00. The molecule has 0 aliphatic rings. The van der Waals surface area contributed by atoms with Gasteiger partial charge in [0.1, 0.15) is 0 Å². The van der Waals surface area contributed by atoms with E-state index in [2.05, 4.69) is 25.9 Å². The molecule has 3 heteroatoms. The number of nitrogens with zero attached hydrogens (tertiary/aromatic N) is 2. The van der Waals surface area contributed by atoms with Crippen LogP contribution in [0.25, 0.3) is 11.0 Å². The van der Waals surface area contributed by atoms with E-state index in [-0.39, 0.29) is 0 Å². The molecule has 0 aliphatic heterocycles. The van der Waals surface area contributed by atoms with E-state index >= 15 is 0 Å². The van der Waals surface area contributed by atoms with Gasteiger partial charge in [-0.25, -0.2) is 9.97 Å². The SMILES string of the molecule is Cc1cc(Br)c2cccnc2n1. The molecule has 0 spiro atoms. The van der Waals surface area contributed by atoms with Crippen LogP contribution in [0, 0.1) is 6.92 Å². The third-order valence-corrected chi connectivity index (χ3v) is 2.32. The van der Waals surface area contributed by atoms with E-state index in [1.165, 1.54) is 0 Å². The summed E-state index contributed by atoms with van der Waals surface area (Å²) >= 11 is 3.47. The van der Waals surface area contributed by atoms with Gasteiger partial charge in [-0.1, -0.05) is 0 Å². The van der Waals surface area contributed by atoms with Crippen molar-refractivity contribution in [3.8, 4) is 0 Å². The van der Waals surface area contributed by atoms with Crippen molar-refractivity contribution in [2.24, 2.45) is 0 Å². The van der Waals surface area contributed by atoms with Crippen molar-refractivity contribution in [2.75, 3.05) is 0 Å². The lowest BCUT2D eigenvalue weighted by Gasteiger charge is -1.99. The Morgan fingerprint density at radius 3 is 3.08 bits per heavy atom. The van der Waals surface area contributed by atoms with Crippen molar-refractivity contribution in [3.63, 3.8) is 0 Å². The van der Waals surface area contributed by atoms with Gasteiger partial charge in [0, 0.05) is 21.7 Å². The smallest absolute Gasteiger partial charge is 0.160 e. The van der Waals surface area contributed by atoms with Crippen LogP contribution in [0.2, 0.25) is 0 Å². The number of aryl methyl sites for hydroxylation is 1. The molecule has 0 unspecified atom stereocenters. The Morgan fingerprint density at radius 1 is 1.42 bits per heavy atom. The van der Waals surface area contributed by atoms with E-state index < -0.39 is 0 Å². The second-order valence-corrected chi connectivity index (χ2v) is 3.47. The van der Waals surface area contributed by atoms with Gasteiger partial charge in [-0.3, -0.25) is 0 Å². The predicted octanol–water partition coefficient (Wildman–Crippen LogP) is 2.70. The summed E-state index contributed by atoms with van der Waals surface area (Å²) in [5.74, 6) is 0. The number of aromatic nitrogens is 2. The van der Waals surface area contributed by atoms with E-state index in [4.69, 9.17) is 0 Å². The molecule has 0 atom stereocenters. The summed E-state index contributed by atoms with van der Waals surface area (Å²) in [5, 5.41) is 1.06. The van der Waals surface area contributed by atoms with Crippen LogP contribution in [-0.2, 0) is 0 Å². The summed E-state index contributed by atoms with van der Waals surface area (Å²) in [6.45, 7) is 1.96. The third-order valence-electron chi connectivity index (χ3n) is 1.66. The summed E-state index contributed by atoms with van der Waals surface area (Å²) in [6, 6.07) is 5.90. The molecule has 0 fully saturated rings. The van der Waals surface area contributed by atoms with Gasteiger partial charge >= 0.3 is 0 Å². The van der Waals surface area contributed by atoms with E-state index in [1.807, 2.05) is 25.1 Å². The Balaban J connectivity index is 2.89. The van der Waals surface area contributed by atoms with Gasteiger partial charge in [0.15, 0.2) is 5.65 Å². The molecule has 2 aromatic heterocycles. The lowest BCUT2D eigenvalue weighted by Crippen LogP contribution is -1.86. The minimum Gasteiger partial charge on any atom is -0.237 e. The number of pyridine rings is 2. The van der Waals surface area contributed by atoms with Crippen molar-refractivity contribution in [1.29, 1.82) is 0 Å². The zero-order chi connectivity index (χ0) is 8.55. The van der Waals surface area contributed by atoms with Gasteiger partial charge in [0.25, 0.3) is 0 Å². The summed E-state index contributed by atoms with van der Waals surface area (Å²) in [5.41, 5.74) is 1.78. The van der Waals surface area contributed by atoms with Gasteiger partial charge in [0.05, 0.1) is 0 Å². The first-order chi connectivity index (χ1) is 5.77. The molecule has 0 saturated carbocycles. The van der Waals surface area contributed by atoms with Gasteiger partial charge in [-0.05, 0) is 41.1 Å². The molecule has 2 rings (SSSR count). The zero-order valence-corrected chi connectivity index (χ0v) is 8.17. The number of hydrogen-bond donors (Lipinski definition) is 0. The van der Waals surface area contributed by atoms with Gasteiger partial charge in [-0.2, -0.15) is 0 Å². The Morgan fingerprint density at radius 2 is 2.25 bits per heavy atom. The van der Waals surface area contributed by atoms with Crippen LogP contribution >= 0.6 is 15.9 Å². The zero-order valence-electron chi connectivity index (χ0n) is 6.58. The second-order valence-electron chi connectivity index (χ2n) is 2.62. The van der Waals surface area contributed by atoms with Crippen LogP contribution in [0.4, 0.5) is 0 Å². The van der Waals surface area contributed by atoms with Gasteiger partial charge < -0.3 is 0 Å². The Hall–Kier alpha value is -0.960. The molecule has 0 saturated heterocycles. The van der Waals surface area contributed by atoms with Crippen LogP contribution in [0.3, 0.4) is 0 Å². The molecular weight excluding hydrogens is 216 g/mol. The number of fused-ring (bicyclic) bond motifs is 1. The van der Waals surface area contributed by atoms with Crippen LogP contribution in [0.15, 0.2) is 28.9 Å². The van der Waals surface area contributed by atoms with Crippen molar-refractivity contribution < 1.29 is 0 Å². The predicted molar refractivity (Wildman–Crippen MR) is 52.0 cm³/mol. The van der Waals surface area contributed by atoms with Crippen molar-refractivity contribution in [3.05, 3.63) is 34.6 Å². The quantitative estimate of drug-likeness (QED) is 0.686. The largest absolute Gasteiger partial charge is 0.237 e. The highest BCUT2D eigenvalue weighted by Crippen LogP contribution is 2.21. The second kappa shape index (κ2) is 2.83. The standard InChI is InChI=1S/C9H7BrN2/c1-6-5-8(10)7-3-2-4-11-9(7)12-6/h2-5H,1H3. The fourth-order valence-electron chi connectivity index (χ4n) is 1.13. The molecule has 60 valence electrons. The topological polar surface area (TPSA) is 25.8 Å². The molecule has 0 aliphatic carbocycles. The molecule has 0 aromatic carbocycles. The monoisotopic (exact) mass is 222 g/mol. The number of rotatable bonds is 0. The maximum absolute atomic E-state index is 4.30. The minimum atomic E-state index is 0.796. The molecule has 12 heavy (non-hydrogen) atoms. The van der Waals surface area contributed by atoms with Crippen molar-refractivity contribution in [1.82, 2.24) is 9.97 Å². The van der Waals surface area contributed by atoms with Crippen LogP contribution in [0.1, 0.15) is 5.69 Å². The normalized spacial score (nSPS) is 10.5. The van der Waals surface area contributed by atoms with Gasteiger partial charge in [-0.15, -0.1) is 0 Å². The van der Waals surface area contributed by atoms with Crippen LogP contribution in [-0.4, -0.2) is 9.97 Å². The van der Waals surface area contributed by atoms with Crippen molar-refractivity contribution >= 4 is 27.0 Å². The maximum atomic E-state index is 4.30. The van der Waals surface area contributed by atoms with E-state index in [0.29, 0.717) is 0 Å². The summed E-state index contributed by atoms with van der Waals surface area (Å²) in [6.07, 6.45) is 1.75. The Labute approximate surface area is 78.8 Å². The molecule has 0 radical (unpaired) electrons. The highest BCUT2D eigenvalue weighted by atomic mass is 79.9. The lowest BCUT2D eigenvalue weighted by atomic mass is 10.3. The molecule has 0 N–H and O–H groups in total. The first-order valence-electron chi connectivity index (χ1n) is 3.65. The lowest BCUT2D eigenvalue weighted by molar-refractivity contribution is 1.20. The molecular formula is C9H7BrN2. The number of halogens is 1. The molecule has 0 bridgehead atoms. The van der Waals surface area contributed by atoms with E-state index in [1.54, 1.807) is 6.20 Å².